The fourth-order valence-corrected chi connectivity index (χ4v) is 6.59. The van der Waals surface area contributed by atoms with Crippen molar-refractivity contribution in [1.29, 1.82) is 0 Å². The van der Waals surface area contributed by atoms with Gasteiger partial charge in [0.1, 0.15) is 11.2 Å². The van der Waals surface area contributed by atoms with Gasteiger partial charge >= 0.3 is 0 Å². The van der Waals surface area contributed by atoms with E-state index in [1.807, 2.05) is 48.5 Å². The van der Waals surface area contributed by atoms with Gasteiger partial charge in [-0.1, -0.05) is 127 Å². The minimum atomic E-state index is 0.655. The number of hydrogen-bond donors (Lipinski definition) is 0. The van der Waals surface area contributed by atoms with Crippen LogP contribution in [0.5, 0.6) is 0 Å². The van der Waals surface area contributed by atoms with E-state index in [1.165, 1.54) is 11.1 Å². The molecule has 0 aliphatic rings. The summed E-state index contributed by atoms with van der Waals surface area (Å²) in [5, 5.41) is 2.11. The molecule has 4 nitrogen and oxygen atoms in total. The summed E-state index contributed by atoms with van der Waals surface area (Å²) in [7, 11) is 0. The van der Waals surface area contributed by atoms with Crippen molar-refractivity contribution >= 4 is 39.0 Å². The molecular formula is C46H31N3O. The smallest absolute Gasteiger partial charge is 0.160 e. The number of furan rings is 1. The second-order valence-electron chi connectivity index (χ2n) is 12.3. The highest BCUT2D eigenvalue weighted by Gasteiger charge is 2.17. The van der Waals surface area contributed by atoms with Crippen molar-refractivity contribution in [2.75, 3.05) is 4.90 Å². The summed E-state index contributed by atoms with van der Waals surface area (Å²) in [6.45, 7) is 0. The molecule has 0 aliphatic heterocycles. The van der Waals surface area contributed by atoms with Crippen LogP contribution in [0.25, 0.3) is 67.0 Å². The standard InChI is InChI=1S/C46H31N3O/c1-5-13-32(14-6-1)33-21-24-38(25-22-33)49(37-19-11-4-12-20-37)39-26-28-41-40-27-23-36(29-44(40)50-45(41)30-39)46-47-42(34-15-7-2-8-16-34)31-43(48-46)35-17-9-3-10-18-35/h1-31H. The average Bonchev–Trinajstić information content (AvgIpc) is 3.57. The fourth-order valence-electron chi connectivity index (χ4n) is 6.59. The predicted octanol–water partition coefficient (Wildman–Crippen LogP) is 12.5. The van der Waals surface area contributed by atoms with Crippen LogP contribution in [0.1, 0.15) is 0 Å². The molecule has 50 heavy (non-hydrogen) atoms. The monoisotopic (exact) mass is 641 g/mol. The van der Waals surface area contributed by atoms with Crippen LogP contribution < -0.4 is 4.90 Å². The van der Waals surface area contributed by atoms with Gasteiger partial charge < -0.3 is 9.32 Å². The lowest BCUT2D eigenvalue weighted by Crippen LogP contribution is -2.09. The maximum absolute atomic E-state index is 6.60. The van der Waals surface area contributed by atoms with Crippen molar-refractivity contribution < 1.29 is 4.42 Å². The second kappa shape index (κ2) is 12.7. The van der Waals surface area contributed by atoms with E-state index in [-0.39, 0.29) is 0 Å². The van der Waals surface area contributed by atoms with Crippen LogP contribution in [0.3, 0.4) is 0 Å². The summed E-state index contributed by atoms with van der Waals surface area (Å²) < 4.78 is 6.60. The number of rotatable bonds is 7. The number of nitrogens with zero attached hydrogens (tertiary/aromatic N) is 3. The first-order valence-corrected chi connectivity index (χ1v) is 16.7. The van der Waals surface area contributed by atoms with E-state index >= 15 is 0 Å². The van der Waals surface area contributed by atoms with Crippen molar-refractivity contribution in [3.05, 3.63) is 188 Å². The topological polar surface area (TPSA) is 42.2 Å². The van der Waals surface area contributed by atoms with Gasteiger partial charge in [-0.2, -0.15) is 0 Å². The van der Waals surface area contributed by atoms with Crippen molar-refractivity contribution in [1.82, 2.24) is 9.97 Å². The highest BCUT2D eigenvalue weighted by Crippen LogP contribution is 2.40. The van der Waals surface area contributed by atoms with Gasteiger partial charge in [0.25, 0.3) is 0 Å². The molecule has 9 aromatic rings. The minimum Gasteiger partial charge on any atom is -0.456 e. The minimum absolute atomic E-state index is 0.655. The van der Waals surface area contributed by atoms with Crippen molar-refractivity contribution in [2.24, 2.45) is 0 Å². The molecule has 2 aromatic heterocycles. The number of aromatic nitrogens is 2. The number of anilines is 3. The Hall–Kier alpha value is -6.78. The molecule has 0 N–H and O–H groups in total. The third kappa shape index (κ3) is 5.59. The SMILES string of the molecule is c1ccc(-c2ccc(N(c3ccccc3)c3ccc4c(c3)oc3cc(-c5nc(-c6ccccc6)cc(-c6ccccc6)n5)ccc34)cc2)cc1. The summed E-state index contributed by atoms with van der Waals surface area (Å²) in [5.41, 5.74) is 11.9. The molecule has 0 atom stereocenters. The van der Waals surface area contributed by atoms with E-state index < -0.39 is 0 Å². The van der Waals surface area contributed by atoms with Crippen LogP contribution in [0.4, 0.5) is 17.1 Å². The van der Waals surface area contributed by atoms with Gasteiger partial charge in [-0.25, -0.2) is 9.97 Å². The predicted molar refractivity (Wildman–Crippen MR) is 206 cm³/mol. The van der Waals surface area contributed by atoms with E-state index in [4.69, 9.17) is 14.4 Å². The second-order valence-corrected chi connectivity index (χ2v) is 12.3. The summed E-state index contributed by atoms with van der Waals surface area (Å²) in [4.78, 5) is 12.3. The Bertz CT molecular complexity index is 2510. The van der Waals surface area contributed by atoms with Crippen LogP contribution in [0.2, 0.25) is 0 Å². The van der Waals surface area contributed by atoms with E-state index in [0.717, 1.165) is 67.1 Å². The Balaban J connectivity index is 1.12. The molecule has 0 fully saturated rings. The molecule has 4 heteroatoms. The van der Waals surface area contributed by atoms with Crippen molar-refractivity contribution in [2.45, 2.75) is 0 Å². The van der Waals surface area contributed by atoms with Gasteiger partial charge in [0, 0.05) is 50.6 Å². The lowest BCUT2D eigenvalue weighted by molar-refractivity contribution is 0.669. The zero-order valence-electron chi connectivity index (χ0n) is 27.1. The van der Waals surface area contributed by atoms with Gasteiger partial charge in [0.05, 0.1) is 11.4 Å². The van der Waals surface area contributed by atoms with E-state index in [2.05, 4.69) is 144 Å². The van der Waals surface area contributed by atoms with Crippen LogP contribution in [-0.2, 0) is 0 Å². The normalized spacial score (nSPS) is 11.2. The van der Waals surface area contributed by atoms with E-state index in [1.54, 1.807) is 0 Å². The molecule has 0 unspecified atom stereocenters. The van der Waals surface area contributed by atoms with Gasteiger partial charge in [-0.15, -0.1) is 0 Å². The first-order chi connectivity index (χ1) is 24.8. The Kier molecular flexibility index (Phi) is 7.45. The largest absolute Gasteiger partial charge is 0.456 e. The molecule has 9 rings (SSSR count). The van der Waals surface area contributed by atoms with E-state index in [0.29, 0.717) is 5.82 Å². The molecule has 0 saturated heterocycles. The van der Waals surface area contributed by atoms with Gasteiger partial charge in [0.2, 0.25) is 0 Å². The maximum atomic E-state index is 6.60. The molecule has 7 aromatic carbocycles. The van der Waals surface area contributed by atoms with Crippen LogP contribution in [0.15, 0.2) is 192 Å². The Morgan fingerprint density at radius 3 is 1.38 bits per heavy atom. The van der Waals surface area contributed by atoms with Crippen molar-refractivity contribution in [3.8, 4) is 45.0 Å². The zero-order chi connectivity index (χ0) is 33.3. The third-order valence-corrected chi connectivity index (χ3v) is 9.09. The summed E-state index contributed by atoms with van der Waals surface area (Å²) in [6, 6.07) is 64.9. The molecular weight excluding hydrogens is 611 g/mol. The van der Waals surface area contributed by atoms with Gasteiger partial charge in [-0.05, 0) is 65.7 Å². The Labute approximate surface area is 290 Å². The third-order valence-electron chi connectivity index (χ3n) is 9.09. The number of hydrogen-bond acceptors (Lipinski definition) is 4. The molecule has 0 bridgehead atoms. The summed E-state index contributed by atoms with van der Waals surface area (Å²) in [6.07, 6.45) is 0. The van der Waals surface area contributed by atoms with Crippen LogP contribution in [0, 0.1) is 0 Å². The quantitative estimate of drug-likeness (QED) is 0.174. The fraction of sp³-hybridized carbons (Fsp3) is 0. The maximum Gasteiger partial charge on any atom is 0.160 e. The molecule has 236 valence electrons. The van der Waals surface area contributed by atoms with Crippen molar-refractivity contribution in [3.63, 3.8) is 0 Å². The van der Waals surface area contributed by atoms with Crippen LogP contribution in [-0.4, -0.2) is 9.97 Å². The Morgan fingerprint density at radius 2 is 0.780 bits per heavy atom. The van der Waals surface area contributed by atoms with Gasteiger partial charge in [0.15, 0.2) is 5.82 Å². The first-order valence-electron chi connectivity index (χ1n) is 16.7. The summed E-state index contributed by atoms with van der Waals surface area (Å²) >= 11 is 0. The van der Waals surface area contributed by atoms with Gasteiger partial charge in [-0.3, -0.25) is 0 Å². The molecule has 0 amide bonds. The van der Waals surface area contributed by atoms with E-state index in [9.17, 15) is 0 Å². The van der Waals surface area contributed by atoms with Crippen LogP contribution >= 0.6 is 0 Å². The molecule has 0 aliphatic carbocycles. The zero-order valence-corrected chi connectivity index (χ0v) is 27.1. The lowest BCUT2D eigenvalue weighted by Gasteiger charge is -2.25. The molecule has 0 radical (unpaired) electrons. The summed E-state index contributed by atoms with van der Waals surface area (Å²) in [5.74, 6) is 0.655. The number of fused-ring (bicyclic) bond motifs is 3. The molecule has 0 spiro atoms. The molecule has 0 saturated carbocycles. The highest BCUT2D eigenvalue weighted by molar-refractivity contribution is 6.07. The lowest BCUT2D eigenvalue weighted by atomic mass is 10.0. The highest BCUT2D eigenvalue weighted by atomic mass is 16.3. The Morgan fingerprint density at radius 1 is 0.340 bits per heavy atom. The average molecular weight is 642 g/mol. The number of benzene rings is 7. The first kappa shape index (κ1) is 29.4. The molecule has 2 heterocycles. The number of para-hydroxylation sites is 1.